The number of hydrogen-bond acceptors (Lipinski definition) is 4. The highest BCUT2D eigenvalue weighted by Crippen LogP contribution is 2.49. The van der Waals surface area contributed by atoms with Crippen LogP contribution in [0.15, 0.2) is 71.9 Å². The lowest BCUT2D eigenvalue weighted by Gasteiger charge is -2.08. The molecule has 1 saturated carbocycles. The van der Waals surface area contributed by atoms with Gasteiger partial charge in [0.2, 0.25) is 0 Å². The fourth-order valence-electron chi connectivity index (χ4n) is 3.44. The van der Waals surface area contributed by atoms with Crippen molar-refractivity contribution in [1.82, 2.24) is 0 Å². The zero-order chi connectivity index (χ0) is 22.0. The van der Waals surface area contributed by atoms with E-state index in [9.17, 15) is 4.79 Å². The van der Waals surface area contributed by atoms with Crippen LogP contribution in [0.25, 0.3) is 0 Å². The number of rotatable bonds is 6. The first-order valence-electron chi connectivity index (χ1n) is 9.60. The summed E-state index contributed by atoms with van der Waals surface area (Å²) in [6.07, 6.45) is 0.900. The summed E-state index contributed by atoms with van der Waals surface area (Å²) in [6, 6.07) is 19.9. The Morgan fingerprint density at radius 2 is 1.58 bits per heavy atom. The zero-order valence-electron chi connectivity index (χ0n) is 16.5. The smallest absolute Gasteiger partial charge is 0.365 e. The Labute approximate surface area is 195 Å². The molecule has 0 aliphatic heterocycles. The summed E-state index contributed by atoms with van der Waals surface area (Å²) in [5, 5.41) is 5.60. The molecule has 0 bridgehead atoms. The normalized spacial score (nSPS) is 17.9. The van der Waals surface area contributed by atoms with Crippen LogP contribution in [0.5, 0.6) is 5.75 Å². The van der Waals surface area contributed by atoms with Crippen LogP contribution in [0.2, 0.25) is 15.1 Å². The third-order valence-electron chi connectivity index (χ3n) is 5.21. The summed E-state index contributed by atoms with van der Waals surface area (Å²) in [4.78, 5) is 17.8. The average molecular weight is 475 g/mol. The molecule has 0 saturated heterocycles. The topological polar surface area (TPSA) is 47.9 Å². The molecule has 2 unspecified atom stereocenters. The number of hydrogen-bond donors (Lipinski definition) is 0. The van der Waals surface area contributed by atoms with E-state index in [2.05, 4.69) is 5.16 Å². The summed E-state index contributed by atoms with van der Waals surface area (Å²) in [5.41, 5.74) is 3.02. The number of nitrogens with zero attached hydrogens (tertiary/aromatic N) is 1. The number of benzene rings is 3. The van der Waals surface area contributed by atoms with Crippen molar-refractivity contribution in [2.75, 3.05) is 7.11 Å². The summed E-state index contributed by atoms with van der Waals surface area (Å²) >= 11 is 17.9. The molecule has 3 aromatic rings. The molecule has 1 aliphatic rings. The largest absolute Gasteiger partial charge is 0.497 e. The van der Waals surface area contributed by atoms with Gasteiger partial charge in [-0.25, -0.2) is 4.79 Å². The van der Waals surface area contributed by atoms with E-state index in [4.69, 9.17) is 44.4 Å². The summed E-state index contributed by atoms with van der Waals surface area (Å²) in [7, 11) is 1.61. The van der Waals surface area contributed by atoms with E-state index in [1.165, 1.54) is 11.6 Å². The third kappa shape index (κ3) is 5.04. The molecule has 2 atom stereocenters. The van der Waals surface area contributed by atoms with Crippen LogP contribution in [-0.4, -0.2) is 18.8 Å². The van der Waals surface area contributed by atoms with Crippen molar-refractivity contribution in [2.45, 2.75) is 12.3 Å². The molecule has 0 N–H and O–H groups in total. The van der Waals surface area contributed by atoms with Gasteiger partial charge in [0.25, 0.3) is 0 Å². The number of halogens is 3. The van der Waals surface area contributed by atoms with Crippen LogP contribution in [0.4, 0.5) is 0 Å². The molecule has 158 valence electrons. The van der Waals surface area contributed by atoms with Crippen LogP contribution < -0.4 is 4.74 Å². The van der Waals surface area contributed by atoms with E-state index in [0.29, 0.717) is 15.8 Å². The van der Waals surface area contributed by atoms with Crippen molar-refractivity contribution in [3.8, 4) is 5.75 Å². The average Bonchev–Trinajstić information content (AvgIpc) is 3.57. The highest BCUT2D eigenvalue weighted by atomic mass is 35.5. The highest BCUT2D eigenvalue weighted by Gasteiger charge is 2.43. The lowest BCUT2D eigenvalue weighted by molar-refractivity contribution is 0.0515. The van der Waals surface area contributed by atoms with Crippen molar-refractivity contribution in [1.29, 1.82) is 0 Å². The Hall–Kier alpha value is -2.53. The molecule has 0 aromatic heterocycles. The molecule has 4 nitrogen and oxygen atoms in total. The number of oxime groups is 1. The second-order valence-corrected chi connectivity index (χ2v) is 8.46. The van der Waals surface area contributed by atoms with E-state index in [1.54, 1.807) is 19.2 Å². The minimum Gasteiger partial charge on any atom is -0.497 e. The minimum atomic E-state index is -0.603. The maximum Gasteiger partial charge on any atom is 0.365 e. The van der Waals surface area contributed by atoms with Crippen LogP contribution >= 0.6 is 34.8 Å². The van der Waals surface area contributed by atoms with Gasteiger partial charge in [0.05, 0.1) is 28.4 Å². The van der Waals surface area contributed by atoms with E-state index >= 15 is 0 Å². The molecule has 0 radical (unpaired) electrons. The number of carbonyl (C=O) groups excluding carboxylic acids is 1. The van der Waals surface area contributed by atoms with E-state index in [0.717, 1.165) is 17.7 Å². The minimum absolute atomic E-state index is 0.121. The standard InChI is InChI=1S/C24H18Cl3NO3/c1-30-18-9-4-15(5-10-18)23(20-13-19(20)14-2-7-17(25)8-3-14)28-31-24(29)16-6-11-21(26)22(27)12-16/h2-12,19-20H,13H2,1H3. The maximum atomic E-state index is 12.5. The maximum absolute atomic E-state index is 12.5. The zero-order valence-corrected chi connectivity index (χ0v) is 18.8. The molecule has 0 heterocycles. The van der Waals surface area contributed by atoms with Crippen LogP contribution in [-0.2, 0) is 4.84 Å². The van der Waals surface area contributed by atoms with Crippen LogP contribution in [0, 0.1) is 5.92 Å². The second-order valence-electron chi connectivity index (χ2n) is 7.21. The summed E-state index contributed by atoms with van der Waals surface area (Å²) in [5.74, 6) is 0.534. The van der Waals surface area contributed by atoms with Crippen molar-refractivity contribution in [2.24, 2.45) is 11.1 Å². The predicted molar refractivity (Wildman–Crippen MR) is 124 cm³/mol. The first-order valence-corrected chi connectivity index (χ1v) is 10.7. The van der Waals surface area contributed by atoms with Crippen molar-refractivity contribution in [3.05, 3.63) is 98.5 Å². The van der Waals surface area contributed by atoms with Crippen LogP contribution in [0.1, 0.15) is 33.8 Å². The number of methoxy groups -OCH3 is 1. The lowest BCUT2D eigenvalue weighted by Crippen LogP contribution is -2.09. The van der Waals surface area contributed by atoms with Gasteiger partial charge in [-0.1, -0.05) is 52.1 Å². The monoisotopic (exact) mass is 473 g/mol. The van der Waals surface area contributed by atoms with E-state index < -0.39 is 5.97 Å². The van der Waals surface area contributed by atoms with Gasteiger partial charge in [-0.2, -0.15) is 0 Å². The first-order chi connectivity index (χ1) is 15.0. The summed E-state index contributed by atoms with van der Waals surface area (Å²) < 4.78 is 5.24. The lowest BCUT2D eigenvalue weighted by atomic mass is 10.0. The molecule has 1 aliphatic carbocycles. The Morgan fingerprint density at radius 3 is 2.23 bits per heavy atom. The quantitative estimate of drug-likeness (QED) is 0.219. The Morgan fingerprint density at radius 1 is 0.903 bits per heavy atom. The SMILES string of the molecule is COc1ccc(C(=NOC(=O)c2ccc(Cl)c(Cl)c2)C2CC2c2ccc(Cl)cc2)cc1. The first kappa shape index (κ1) is 21.7. The van der Waals surface area contributed by atoms with Crippen molar-refractivity contribution < 1.29 is 14.4 Å². The van der Waals surface area contributed by atoms with Gasteiger partial charge < -0.3 is 9.57 Å². The number of carbonyl (C=O) groups is 1. The molecule has 0 amide bonds. The van der Waals surface area contributed by atoms with Crippen molar-refractivity contribution in [3.63, 3.8) is 0 Å². The summed E-state index contributed by atoms with van der Waals surface area (Å²) in [6.45, 7) is 0. The van der Waals surface area contributed by atoms with E-state index in [1.807, 2.05) is 48.5 Å². The van der Waals surface area contributed by atoms with Crippen molar-refractivity contribution >= 4 is 46.5 Å². The molecule has 3 aromatic carbocycles. The fourth-order valence-corrected chi connectivity index (χ4v) is 3.86. The Bertz CT molecular complexity index is 1130. The molecular weight excluding hydrogens is 457 g/mol. The van der Waals surface area contributed by atoms with Gasteiger partial charge in [-0.3, -0.25) is 0 Å². The predicted octanol–water partition coefficient (Wildman–Crippen LogP) is 7.02. The molecule has 7 heteroatoms. The number of ether oxygens (including phenoxy) is 1. The molecular formula is C24H18Cl3NO3. The van der Waals surface area contributed by atoms with Gasteiger partial charge in [0.1, 0.15) is 5.75 Å². The van der Waals surface area contributed by atoms with E-state index in [-0.39, 0.29) is 22.4 Å². The second kappa shape index (κ2) is 9.31. The van der Waals surface area contributed by atoms with Gasteiger partial charge >= 0.3 is 5.97 Å². The molecule has 31 heavy (non-hydrogen) atoms. The third-order valence-corrected chi connectivity index (χ3v) is 6.20. The Kier molecular flexibility index (Phi) is 6.51. The van der Waals surface area contributed by atoms with Gasteiger partial charge in [0, 0.05) is 10.9 Å². The van der Waals surface area contributed by atoms with Crippen LogP contribution in [0.3, 0.4) is 0 Å². The molecule has 4 rings (SSSR count). The molecule has 0 spiro atoms. The van der Waals surface area contributed by atoms with Gasteiger partial charge in [-0.15, -0.1) is 0 Å². The Balaban J connectivity index is 1.59. The molecule has 1 fully saturated rings. The highest BCUT2D eigenvalue weighted by molar-refractivity contribution is 6.42. The fraction of sp³-hybridized carbons (Fsp3) is 0.167. The van der Waals surface area contributed by atoms with Gasteiger partial charge in [0.15, 0.2) is 0 Å². The van der Waals surface area contributed by atoms with Gasteiger partial charge in [-0.05, 0) is 78.1 Å².